The second kappa shape index (κ2) is 4.70. The molecule has 0 N–H and O–H groups in total. The van der Waals surface area contributed by atoms with E-state index in [4.69, 9.17) is 11.6 Å². The summed E-state index contributed by atoms with van der Waals surface area (Å²) in [5.41, 5.74) is 1.21. The number of nitro groups is 1. The highest BCUT2D eigenvalue weighted by atomic mass is 35.5. The summed E-state index contributed by atoms with van der Waals surface area (Å²) in [6.07, 6.45) is 2.45. The van der Waals surface area contributed by atoms with Gasteiger partial charge in [-0.05, 0) is 30.2 Å². The minimum atomic E-state index is -0.620. The van der Waals surface area contributed by atoms with E-state index >= 15 is 0 Å². The van der Waals surface area contributed by atoms with Crippen molar-refractivity contribution in [2.24, 2.45) is 0 Å². The standard InChI is InChI=1S/C12H8ClFN2O2/c1-7-2-8(4-9(14)3-7)10-5-15-6-11(12(10)13)16(17)18/h2-6H,1H3. The van der Waals surface area contributed by atoms with Gasteiger partial charge in [0.25, 0.3) is 0 Å². The molecule has 0 spiro atoms. The predicted molar refractivity (Wildman–Crippen MR) is 66.0 cm³/mol. The molecule has 1 aromatic carbocycles. The van der Waals surface area contributed by atoms with Crippen LogP contribution in [0.25, 0.3) is 11.1 Å². The quantitative estimate of drug-likeness (QED) is 0.614. The summed E-state index contributed by atoms with van der Waals surface area (Å²) in [6, 6.07) is 4.32. The van der Waals surface area contributed by atoms with Crippen LogP contribution in [0.4, 0.5) is 10.1 Å². The Morgan fingerprint density at radius 1 is 1.33 bits per heavy atom. The minimum Gasteiger partial charge on any atom is -0.258 e. The Bertz CT molecular complexity index is 611. The molecule has 6 heteroatoms. The average Bonchev–Trinajstić information content (AvgIpc) is 2.27. The first kappa shape index (κ1) is 12.4. The number of hydrogen-bond acceptors (Lipinski definition) is 3. The van der Waals surface area contributed by atoms with Gasteiger partial charge in [-0.25, -0.2) is 4.39 Å². The summed E-state index contributed by atoms with van der Waals surface area (Å²) >= 11 is 5.94. The third-order valence-electron chi connectivity index (χ3n) is 2.41. The number of rotatable bonds is 2. The smallest absolute Gasteiger partial charge is 0.258 e. The molecule has 0 fully saturated rings. The molecule has 0 radical (unpaired) electrons. The molecule has 92 valence electrons. The zero-order valence-electron chi connectivity index (χ0n) is 9.35. The van der Waals surface area contributed by atoms with Crippen LogP contribution in [-0.4, -0.2) is 9.91 Å². The van der Waals surface area contributed by atoms with E-state index < -0.39 is 10.7 Å². The van der Waals surface area contributed by atoms with Gasteiger partial charge in [-0.1, -0.05) is 17.7 Å². The number of hydrogen-bond donors (Lipinski definition) is 0. The molecule has 1 aromatic heterocycles. The van der Waals surface area contributed by atoms with E-state index in [-0.39, 0.29) is 10.7 Å². The van der Waals surface area contributed by atoms with Crippen molar-refractivity contribution < 1.29 is 9.31 Å². The van der Waals surface area contributed by atoms with E-state index in [1.54, 1.807) is 13.0 Å². The molecule has 18 heavy (non-hydrogen) atoms. The summed E-state index contributed by atoms with van der Waals surface area (Å²) in [7, 11) is 0. The molecule has 2 aromatic rings. The van der Waals surface area contributed by atoms with Crippen LogP contribution >= 0.6 is 11.6 Å². The molecule has 0 saturated carbocycles. The third-order valence-corrected chi connectivity index (χ3v) is 2.81. The SMILES string of the molecule is Cc1cc(F)cc(-c2cncc([N+](=O)[O-])c2Cl)c1. The van der Waals surface area contributed by atoms with Crippen molar-refractivity contribution in [1.82, 2.24) is 4.98 Å². The van der Waals surface area contributed by atoms with E-state index in [0.717, 1.165) is 6.20 Å². The zero-order chi connectivity index (χ0) is 13.3. The lowest BCUT2D eigenvalue weighted by molar-refractivity contribution is -0.385. The van der Waals surface area contributed by atoms with Crippen LogP contribution in [-0.2, 0) is 0 Å². The molecule has 0 unspecified atom stereocenters. The first-order valence-electron chi connectivity index (χ1n) is 5.04. The second-order valence-corrected chi connectivity index (χ2v) is 4.17. The lowest BCUT2D eigenvalue weighted by Gasteiger charge is -2.05. The highest BCUT2D eigenvalue weighted by molar-refractivity contribution is 6.35. The number of pyridine rings is 1. The Labute approximate surface area is 107 Å². The second-order valence-electron chi connectivity index (χ2n) is 3.79. The van der Waals surface area contributed by atoms with E-state index in [0.29, 0.717) is 16.7 Å². The fourth-order valence-electron chi connectivity index (χ4n) is 1.65. The largest absolute Gasteiger partial charge is 0.306 e. The van der Waals surface area contributed by atoms with E-state index in [9.17, 15) is 14.5 Å². The van der Waals surface area contributed by atoms with Crippen molar-refractivity contribution in [3.8, 4) is 11.1 Å². The Balaban J connectivity index is 2.64. The fraction of sp³-hybridized carbons (Fsp3) is 0.0833. The fourth-order valence-corrected chi connectivity index (χ4v) is 1.93. The van der Waals surface area contributed by atoms with Gasteiger partial charge in [0.1, 0.15) is 17.0 Å². The maximum absolute atomic E-state index is 13.3. The first-order valence-corrected chi connectivity index (χ1v) is 5.42. The summed E-state index contributed by atoms with van der Waals surface area (Å²) in [5, 5.41) is 10.7. The lowest BCUT2D eigenvalue weighted by Crippen LogP contribution is -1.93. The molecule has 0 aliphatic heterocycles. The van der Waals surface area contributed by atoms with Crippen molar-refractivity contribution in [2.45, 2.75) is 6.92 Å². The van der Waals surface area contributed by atoms with Gasteiger partial charge in [-0.2, -0.15) is 0 Å². The zero-order valence-corrected chi connectivity index (χ0v) is 10.1. The molecule has 4 nitrogen and oxygen atoms in total. The molecule has 0 aliphatic carbocycles. The summed E-state index contributed by atoms with van der Waals surface area (Å²) in [4.78, 5) is 13.9. The number of aryl methyl sites for hydroxylation is 1. The van der Waals surface area contributed by atoms with Gasteiger partial charge in [0.05, 0.1) is 4.92 Å². The van der Waals surface area contributed by atoms with Gasteiger partial charge in [0.2, 0.25) is 0 Å². The Hall–Kier alpha value is -2.01. The van der Waals surface area contributed by atoms with Crippen molar-refractivity contribution >= 4 is 17.3 Å². The topological polar surface area (TPSA) is 56.0 Å². The molecule has 0 saturated heterocycles. The number of halogens is 2. The highest BCUT2D eigenvalue weighted by Crippen LogP contribution is 2.34. The van der Waals surface area contributed by atoms with Crippen LogP contribution in [0.3, 0.4) is 0 Å². The predicted octanol–water partition coefficient (Wildman–Crippen LogP) is 3.76. The average molecular weight is 267 g/mol. The molecule has 1 heterocycles. The Kier molecular flexibility index (Phi) is 3.25. The van der Waals surface area contributed by atoms with Gasteiger partial charge in [0.15, 0.2) is 0 Å². The molecule has 0 aliphatic rings. The van der Waals surface area contributed by atoms with Gasteiger partial charge < -0.3 is 0 Å². The van der Waals surface area contributed by atoms with Crippen LogP contribution in [0, 0.1) is 22.9 Å². The van der Waals surface area contributed by atoms with Crippen LogP contribution < -0.4 is 0 Å². The normalized spacial score (nSPS) is 10.4. The Morgan fingerprint density at radius 2 is 2.06 bits per heavy atom. The summed E-state index contributed by atoms with van der Waals surface area (Å²) < 4.78 is 13.3. The summed E-state index contributed by atoms with van der Waals surface area (Å²) in [6.45, 7) is 1.73. The van der Waals surface area contributed by atoms with E-state index in [2.05, 4.69) is 4.98 Å². The van der Waals surface area contributed by atoms with E-state index in [1.807, 2.05) is 0 Å². The van der Waals surface area contributed by atoms with Crippen molar-refractivity contribution in [3.05, 3.63) is 57.1 Å². The Morgan fingerprint density at radius 3 is 2.67 bits per heavy atom. The lowest BCUT2D eigenvalue weighted by atomic mass is 10.0. The van der Waals surface area contributed by atoms with Crippen LogP contribution in [0.2, 0.25) is 5.02 Å². The minimum absolute atomic E-state index is 0.0417. The van der Waals surface area contributed by atoms with Crippen molar-refractivity contribution in [2.75, 3.05) is 0 Å². The van der Waals surface area contributed by atoms with Crippen molar-refractivity contribution in [1.29, 1.82) is 0 Å². The highest BCUT2D eigenvalue weighted by Gasteiger charge is 2.17. The molecular weight excluding hydrogens is 259 g/mol. The van der Waals surface area contributed by atoms with Crippen LogP contribution in [0.1, 0.15) is 5.56 Å². The molecule has 0 bridgehead atoms. The van der Waals surface area contributed by atoms with Crippen LogP contribution in [0.5, 0.6) is 0 Å². The monoisotopic (exact) mass is 266 g/mol. The van der Waals surface area contributed by atoms with Crippen molar-refractivity contribution in [3.63, 3.8) is 0 Å². The molecule has 0 atom stereocenters. The first-order chi connectivity index (χ1) is 8.49. The van der Waals surface area contributed by atoms with Gasteiger partial charge in [-0.15, -0.1) is 0 Å². The molecule has 0 amide bonds. The molecule has 2 rings (SSSR count). The van der Waals surface area contributed by atoms with Gasteiger partial charge >= 0.3 is 5.69 Å². The number of nitrogens with zero attached hydrogens (tertiary/aromatic N) is 2. The molecular formula is C12H8ClFN2O2. The van der Waals surface area contributed by atoms with Gasteiger partial charge in [-0.3, -0.25) is 15.1 Å². The summed E-state index contributed by atoms with van der Waals surface area (Å²) in [5.74, 6) is -0.424. The van der Waals surface area contributed by atoms with Crippen LogP contribution in [0.15, 0.2) is 30.6 Å². The van der Waals surface area contributed by atoms with E-state index in [1.165, 1.54) is 18.3 Å². The number of aromatic nitrogens is 1. The maximum Gasteiger partial charge on any atom is 0.306 e. The third kappa shape index (κ3) is 2.31. The maximum atomic E-state index is 13.3. The van der Waals surface area contributed by atoms with Gasteiger partial charge in [0, 0.05) is 11.8 Å². The number of benzene rings is 1.